The van der Waals surface area contributed by atoms with E-state index in [1.54, 1.807) is 62.3 Å². The number of anilines is 1. The van der Waals surface area contributed by atoms with Crippen molar-refractivity contribution >= 4 is 35.7 Å². The number of carbonyl (C=O) groups excluding carboxylic acids is 3. The van der Waals surface area contributed by atoms with Crippen LogP contribution in [0.4, 0.5) is 20.2 Å². The molecule has 0 bridgehead atoms. The van der Waals surface area contributed by atoms with Gasteiger partial charge in [0.05, 0.1) is 51.9 Å². The van der Waals surface area contributed by atoms with Crippen molar-refractivity contribution in [1.82, 2.24) is 14.9 Å². The zero-order chi connectivity index (χ0) is 29.1. The van der Waals surface area contributed by atoms with Crippen LogP contribution in [-0.2, 0) is 23.7 Å². The van der Waals surface area contributed by atoms with E-state index in [2.05, 4.69) is 9.97 Å². The lowest BCUT2D eigenvalue weighted by atomic mass is 10.2. The molecule has 0 spiro atoms. The van der Waals surface area contributed by atoms with Crippen molar-refractivity contribution < 1.29 is 38.1 Å². The molecule has 12 nitrogen and oxygen atoms in total. The van der Waals surface area contributed by atoms with E-state index in [1.807, 2.05) is 0 Å². The molecule has 0 unspecified atom stereocenters. The lowest BCUT2D eigenvalue weighted by Gasteiger charge is -2.28. The lowest BCUT2D eigenvalue weighted by molar-refractivity contribution is -0.00796. The van der Waals surface area contributed by atoms with Crippen LogP contribution < -0.4 is 4.90 Å². The van der Waals surface area contributed by atoms with Gasteiger partial charge in [0, 0.05) is 0 Å². The molecule has 0 radical (unpaired) electrons. The largest absolute Gasteiger partial charge is 0.443 e. The molecule has 0 N–H and O–H groups in total. The first-order valence-corrected chi connectivity index (χ1v) is 12.6. The number of nitrogens with zero attached hydrogens (tertiary/aromatic N) is 4. The molecule has 0 fully saturated rings. The maximum absolute atomic E-state index is 12.6. The Bertz CT molecular complexity index is 880. The van der Waals surface area contributed by atoms with Crippen LogP contribution in [0.5, 0.6) is 0 Å². The summed E-state index contributed by atoms with van der Waals surface area (Å²) in [6, 6.07) is 0. The quantitative estimate of drug-likeness (QED) is 0.282. The highest BCUT2D eigenvalue weighted by Crippen LogP contribution is 2.17. The van der Waals surface area contributed by atoms with Gasteiger partial charge in [-0.15, -0.1) is 0 Å². The van der Waals surface area contributed by atoms with Crippen LogP contribution in [0.2, 0.25) is 5.15 Å². The first kappa shape index (κ1) is 33.3. The van der Waals surface area contributed by atoms with Crippen LogP contribution in [0.3, 0.4) is 0 Å². The standard InChI is InChI=1S/C25H41ClN4O8/c1-23(2,3)36-20(31)29(19-17-27-18(26)16-28-19)10-12-34-14-15-35-13-11-30(21(32)37-24(4,5)6)22(33)38-25(7,8)9/h16-17H,10-15H2,1-9H3. The molecular formula is C25H41ClN4O8. The zero-order valence-corrected chi connectivity index (χ0v) is 24.6. The molecule has 38 heavy (non-hydrogen) atoms. The number of carbonyl (C=O) groups is 3. The normalized spacial score (nSPS) is 12.1. The lowest BCUT2D eigenvalue weighted by Crippen LogP contribution is -2.45. The highest BCUT2D eigenvalue weighted by atomic mass is 35.5. The highest BCUT2D eigenvalue weighted by molar-refractivity contribution is 6.29. The van der Waals surface area contributed by atoms with E-state index >= 15 is 0 Å². The fraction of sp³-hybridized carbons (Fsp3) is 0.720. The summed E-state index contributed by atoms with van der Waals surface area (Å²) in [5, 5.41) is 0.197. The van der Waals surface area contributed by atoms with Crippen LogP contribution in [0.25, 0.3) is 0 Å². The Hall–Kier alpha value is -2.70. The van der Waals surface area contributed by atoms with Crippen molar-refractivity contribution in [2.45, 2.75) is 79.1 Å². The van der Waals surface area contributed by atoms with Gasteiger partial charge in [0.15, 0.2) is 5.82 Å². The molecule has 0 aliphatic carbocycles. The molecule has 0 atom stereocenters. The van der Waals surface area contributed by atoms with Gasteiger partial charge in [-0.2, -0.15) is 0 Å². The second-order valence-electron chi connectivity index (χ2n) is 11.2. The van der Waals surface area contributed by atoms with Crippen molar-refractivity contribution in [3.63, 3.8) is 0 Å². The first-order chi connectivity index (χ1) is 17.4. The number of hydrogen-bond donors (Lipinski definition) is 0. The highest BCUT2D eigenvalue weighted by Gasteiger charge is 2.31. The number of imide groups is 1. The molecular weight excluding hydrogens is 520 g/mol. The molecule has 1 rings (SSSR count). The zero-order valence-electron chi connectivity index (χ0n) is 23.8. The molecule has 3 amide bonds. The van der Waals surface area contributed by atoms with Gasteiger partial charge in [-0.25, -0.2) is 29.3 Å². The summed E-state index contributed by atoms with van der Waals surface area (Å²) in [7, 11) is 0. The van der Waals surface area contributed by atoms with Gasteiger partial charge in [0.25, 0.3) is 0 Å². The van der Waals surface area contributed by atoms with Crippen LogP contribution in [0.1, 0.15) is 62.3 Å². The molecule has 1 aromatic rings. The van der Waals surface area contributed by atoms with E-state index in [0.717, 1.165) is 4.90 Å². The predicted octanol–water partition coefficient (Wildman–Crippen LogP) is 5.08. The summed E-state index contributed by atoms with van der Waals surface area (Å²) in [6.07, 6.45) is 0.466. The molecule has 0 aromatic carbocycles. The van der Waals surface area contributed by atoms with E-state index in [1.165, 1.54) is 17.3 Å². The summed E-state index contributed by atoms with van der Waals surface area (Å²) in [5.41, 5.74) is -2.26. The maximum Gasteiger partial charge on any atom is 0.419 e. The van der Waals surface area contributed by atoms with Gasteiger partial charge in [0.2, 0.25) is 0 Å². The maximum atomic E-state index is 12.6. The second kappa shape index (κ2) is 14.5. The van der Waals surface area contributed by atoms with Crippen LogP contribution in [0, 0.1) is 0 Å². The smallest absolute Gasteiger partial charge is 0.419 e. The predicted molar refractivity (Wildman–Crippen MR) is 141 cm³/mol. The fourth-order valence-corrected chi connectivity index (χ4v) is 2.68. The van der Waals surface area contributed by atoms with Crippen LogP contribution in [0.15, 0.2) is 12.4 Å². The Morgan fingerprint density at radius 2 is 1.13 bits per heavy atom. The van der Waals surface area contributed by atoms with Crippen LogP contribution >= 0.6 is 11.6 Å². The van der Waals surface area contributed by atoms with Crippen LogP contribution in [-0.4, -0.2) is 89.5 Å². The summed E-state index contributed by atoms with van der Waals surface area (Å²) >= 11 is 5.80. The SMILES string of the molecule is CC(C)(C)OC(=O)N(CCOCCOCCN(C(=O)OC(C)(C)C)c1cnc(Cl)cn1)C(=O)OC(C)(C)C. The van der Waals surface area contributed by atoms with Crippen molar-refractivity contribution in [2.75, 3.05) is 44.4 Å². The number of rotatable bonds is 10. The average molecular weight is 561 g/mol. The summed E-state index contributed by atoms with van der Waals surface area (Å²) in [4.78, 5) is 47.9. The number of aromatic nitrogens is 2. The van der Waals surface area contributed by atoms with Gasteiger partial charge in [-0.1, -0.05) is 11.6 Å². The Balaban J connectivity index is 2.55. The second-order valence-corrected chi connectivity index (χ2v) is 11.6. The third-order valence-electron chi connectivity index (χ3n) is 4.02. The molecule has 1 heterocycles. The van der Waals surface area contributed by atoms with Gasteiger partial charge >= 0.3 is 18.3 Å². The molecule has 0 saturated carbocycles. The van der Waals surface area contributed by atoms with E-state index in [-0.39, 0.29) is 50.5 Å². The van der Waals surface area contributed by atoms with E-state index < -0.39 is 35.1 Å². The Morgan fingerprint density at radius 3 is 1.55 bits per heavy atom. The first-order valence-electron chi connectivity index (χ1n) is 12.2. The Labute approximate surface area is 229 Å². The molecule has 0 aliphatic heterocycles. The monoisotopic (exact) mass is 560 g/mol. The van der Waals surface area contributed by atoms with Gasteiger partial charge in [-0.3, -0.25) is 4.90 Å². The minimum absolute atomic E-state index is 0.0479. The van der Waals surface area contributed by atoms with Gasteiger partial charge < -0.3 is 23.7 Å². The minimum atomic E-state index is -0.820. The van der Waals surface area contributed by atoms with Crippen molar-refractivity contribution in [3.05, 3.63) is 17.5 Å². The van der Waals surface area contributed by atoms with E-state index in [4.69, 9.17) is 35.3 Å². The van der Waals surface area contributed by atoms with Crippen molar-refractivity contribution in [3.8, 4) is 0 Å². The molecule has 0 aliphatic rings. The third-order valence-corrected chi connectivity index (χ3v) is 4.21. The summed E-state index contributed by atoms with van der Waals surface area (Å²) < 4.78 is 27.2. The number of amides is 3. The fourth-order valence-electron chi connectivity index (χ4n) is 2.59. The molecule has 13 heteroatoms. The van der Waals surface area contributed by atoms with Gasteiger partial charge in [0.1, 0.15) is 22.0 Å². The Kier molecular flexibility index (Phi) is 12.7. The third kappa shape index (κ3) is 14.3. The topological polar surface area (TPSA) is 130 Å². The Morgan fingerprint density at radius 1 is 0.684 bits per heavy atom. The summed E-state index contributed by atoms with van der Waals surface area (Å²) in [6.45, 7) is 16.2. The van der Waals surface area contributed by atoms with E-state index in [9.17, 15) is 14.4 Å². The molecule has 1 aromatic heterocycles. The van der Waals surface area contributed by atoms with Gasteiger partial charge in [-0.05, 0) is 62.3 Å². The van der Waals surface area contributed by atoms with E-state index in [0.29, 0.717) is 0 Å². The van der Waals surface area contributed by atoms with Crippen molar-refractivity contribution in [1.29, 1.82) is 0 Å². The summed E-state index contributed by atoms with van der Waals surface area (Å²) in [5.74, 6) is 0.271. The minimum Gasteiger partial charge on any atom is -0.443 e. The number of hydrogen-bond acceptors (Lipinski definition) is 10. The molecule has 0 saturated heterocycles. The molecule has 216 valence electrons. The van der Waals surface area contributed by atoms with Crippen molar-refractivity contribution in [2.24, 2.45) is 0 Å². The number of ether oxygens (including phenoxy) is 5. The number of halogens is 1. The average Bonchev–Trinajstić information content (AvgIpc) is 2.72.